The molecule has 2 aliphatic rings. The summed E-state index contributed by atoms with van der Waals surface area (Å²) in [5.41, 5.74) is 2.39. The van der Waals surface area contributed by atoms with Gasteiger partial charge >= 0.3 is 0 Å². The van der Waals surface area contributed by atoms with Crippen LogP contribution < -0.4 is 15.4 Å². The minimum Gasteiger partial charge on any atom is -0.487 e. The van der Waals surface area contributed by atoms with Gasteiger partial charge in [-0.2, -0.15) is 0 Å². The fourth-order valence-corrected chi connectivity index (χ4v) is 4.27. The highest BCUT2D eigenvalue weighted by Crippen LogP contribution is 2.49. The molecule has 1 aliphatic heterocycles. The van der Waals surface area contributed by atoms with Gasteiger partial charge in [0, 0.05) is 38.1 Å². The van der Waals surface area contributed by atoms with Gasteiger partial charge in [-0.15, -0.1) is 0 Å². The normalized spacial score (nSPS) is 21.6. The van der Waals surface area contributed by atoms with Gasteiger partial charge in [0.25, 0.3) is 0 Å². The molecule has 1 saturated carbocycles. The van der Waals surface area contributed by atoms with Gasteiger partial charge < -0.3 is 25.2 Å². The number of hydrogen-bond acceptors (Lipinski definition) is 5. The van der Waals surface area contributed by atoms with Crippen molar-refractivity contribution in [1.29, 1.82) is 0 Å². The number of rotatable bonds is 10. The fraction of sp³-hybridized carbons (Fsp3) is 0.696. The van der Waals surface area contributed by atoms with E-state index in [4.69, 9.17) is 9.47 Å². The highest BCUT2D eigenvalue weighted by atomic mass is 16.5. The zero-order valence-corrected chi connectivity index (χ0v) is 18.0. The first-order valence-corrected chi connectivity index (χ1v) is 11.0. The van der Waals surface area contributed by atoms with E-state index >= 15 is 0 Å². The molecule has 0 saturated heterocycles. The third-order valence-corrected chi connectivity index (χ3v) is 6.10. The van der Waals surface area contributed by atoms with Crippen molar-refractivity contribution >= 4 is 5.91 Å². The Labute approximate surface area is 174 Å². The van der Waals surface area contributed by atoms with Crippen LogP contribution in [-0.4, -0.2) is 48.5 Å². The Morgan fingerprint density at radius 1 is 1.38 bits per heavy atom. The average molecular weight is 405 g/mol. The molecule has 0 unspecified atom stereocenters. The first kappa shape index (κ1) is 22.1. The van der Waals surface area contributed by atoms with Crippen LogP contribution in [0.1, 0.15) is 70.0 Å². The summed E-state index contributed by atoms with van der Waals surface area (Å²) in [6.07, 6.45) is 5.45. The van der Waals surface area contributed by atoms with Gasteiger partial charge in [0.05, 0.1) is 18.8 Å². The summed E-state index contributed by atoms with van der Waals surface area (Å²) in [6.45, 7) is 6.97. The smallest absolute Gasteiger partial charge is 0.217 e. The topological polar surface area (TPSA) is 79.8 Å². The number of carbonyl (C=O) groups excluding carboxylic acids is 1. The van der Waals surface area contributed by atoms with Crippen molar-refractivity contribution in [2.24, 2.45) is 0 Å². The number of benzene rings is 1. The van der Waals surface area contributed by atoms with Gasteiger partial charge in [-0.3, -0.25) is 4.79 Å². The molecule has 1 fully saturated rings. The zero-order valence-electron chi connectivity index (χ0n) is 18.0. The maximum Gasteiger partial charge on any atom is 0.217 e. The number of amides is 1. The van der Waals surface area contributed by atoms with Gasteiger partial charge in [-0.05, 0) is 43.7 Å². The van der Waals surface area contributed by atoms with Crippen LogP contribution in [0.5, 0.6) is 5.75 Å². The zero-order chi connectivity index (χ0) is 20.9. The third kappa shape index (κ3) is 5.50. The molecular weight excluding hydrogens is 368 g/mol. The molecule has 3 N–H and O–H groups in total. The number of nitrogens with one attached hydrogen (secondary N) is 2. The van der Waals surface area contributed by atoms with Crippen LogP contribution in [0.4, 0.5) is 0 Å². The second-order valence-corrected chi connectivity index (χ2v) is 8.48. The van der Waals surface area contributed by atoms with Crippen LogP contribution in [0.2, 0.25) is 0 Å². The van der Waals surface area contributed by atoms with Crippen LogP contribution in [0, 0.1) is 0 Å². The van der Waals surface area contributed by atoms with Crippen LogP contribution >= 0.6 is 0 Å². The second-order valence-electron chi connectivity index (χ2n) is 8.48. The lowest BCUT2D eigenvalue weighted by atomic mass is 9.72. The number of aryl methyl sites for hydroxylation is 1. The molecule has 6 nitrogen and oxygen atoms in total. The monoisotopic (exact) mass is 404 g/mol. The van der Waals surface area contributed by atoms with Gasteiger partial charge in [0.2, 0.25) is 5.91 Å². The molecule has 1 amide bonds. The van der Waals surface area contributed by atoms with Crippen molar-refractivity contribution in [3.63, 3.8) is 0 Å². The number of ether oxygens (including phenoxy) is 2. The first-order valence-electron chi connectivity index (χ1n) is 11.0. The molecule has 162 valence electrons. The molecule has 1 aromatic carbocycles. The summed E-state index contributed by atoms with van der Waals surface area (Å²) in [5, 5.41) is 17.1. The molecule has 3 atom stereocenters. The van der Waals surface area contributed by atoms with Gasteiger partial charge in [0.1, 0.15) is 11.4 Å². The molecule has 0 radical (unpaired) electrons. The number of carbonyl (C=O) groups is 1. The van der Waals surface area contributed by atoms with Crippen molar-refractivity contribution in [3.05, 3.63) is 29.3 Å². The Kier molecular flexibility index (Phi) is 7.55. The Hall–Kier alpha value is -1.63. The molecular formula is C23H36N2O4. The highest BCUT2D eigenvalue weighted by Gasteiger charge is 2.45. The maximum atomic E-state index is 11.5. The number of aliphatic hydroxyl groups is 1. The van der Waals surface area contributed by atoms with E-state index in [0.29, 0.717) is 19.8 Å². The summed E-state index contributed by atoms with van der Waals surface area (Å²) in [7, 11) is 0. The Morgan fingerprint density at radius 2 is 2.17 bits per heavy atom. The van der Waals surface area contributed by atoms with Crippen molar-refractivity contribution in [2.75, 3.05) is 19.8 Å². The Bertz CT molecular complexity index is 689. The lowest BCUT2D eigenvalue weighted by Crippen LogP contribution is -2.52. The molecule has 6 heteroatoms. The molecule has 1 heterocycles. The summed E-state index contributed by atoms with van der Waals surface area (Å²) >= 11 is 0. The number of hydrogen-bond donors (Lipinski definition) is 3. The van der Waals surface area contributed by atoms with Crippen LogP contribution in [-0.2, 0) is 16.0 Å². The second kappa shape index (κ2) is 9.92. The quantitative estimate of drug-likeness (QED) is 0.523. The number of fused-ring (bicyclic) bond motifs is 1. The van der Waals surface area contributed by atoms with Gasteiger partial charge in [-0.25, -0.2) is 0 Å². The van der Waals surface area contributed by atoms with E-state index in [0.717, 1.165) is 37.9 Å². The van der Waals surface area contributed by atoms with E-state index in [1.54, 1.807) is 0 Å². The van der Waals surface area contributed by atoms with E-state index in [2.05, 4.69) is 35.8 Å². The van der Waals surface area contributed by atoms with E-state index in [1.165, 1.54) is 24.5 Å². The van der Waals surface area contributed by atoms with Crippen LogP contribution in [0.3, 0.4) is 0 Å². The van der Waals surface area contributed by atoms with Crippen molar-refractivity contribution in [2.45, 2.75) is 83.1 Å². The van der Waals surface area contributed by atoms with Gasteiger partial charge in [-0.1, -0.05) is 26.0 Å². The number of aliphatic hydroxyl groups excluding tert-OH is 1. The fourth-order valence-electron chi connectivity index (χ4n) is 4.27. The van der Waals surface area contributed by atoms with E-state index in [1.807, 2.05) is 6.92 Å². The summed E-state index contributed by atoms with van der Waals surface area (Å²) in [4.78, 5) is 11.5. The van der Waals surface area contributed by atoms with E-state index < -0.39 is 12.1 Å². The molecule has 1 aromatic rings. The van der Waals surface area contributed by atoms with Crippen LogP contribution in [0.15, 0.2) is 18.2 Å². The van der Waals surface area contributed by atoms with Crippen molar-refractivity contribution in [1.82, 2.24) is 10.6 Å². The average Bonchev–Trinajstić information content (AvgIpc) is 2.69. The SMILES string of the molecule is CCCOC[C@H](NC(C)=O)[C@@H](O)CN[C@H]1CC2(CCC2)Oc2ccc(CC)cc21. The lowest BCUT2D eigenvalue weighted by molar-refractivity contribution is -0.121. The molecule has 1 spiro atoms. The first-order chi connectivity index (χ1) is 14.0. The van der Waals surface area contributed by atoms with Crippen molar-refractivity contribution in [3.8, 4) is 5.75 Å². The van der Waals surface area contributed by atoms with Gasteiger partial charge in [0.15, 0.2) is 0 Å². The van der Waals surface area contributed by atoms with Crippen LogP contribution in [0.25, 0.3) is 0 Å². The maximum absolute atomic E-state index is 11.5. The van der Waals surface area contributed by atoms with Crippen molar-refractivity contribution < 1.29 is 19.4 Å². The highest BCUT2D eigenvalue weighted by molar-refractivity contribution is 5.73. The largest absolute Gasteiger partial charge is 0.487 e. The minimum absolute atomic E-state index is 0.0649. The summed E-state index contributed by atoms with van der Waals surface area (Å²) < 4.78 is 12.0. The standard InChI is InChI=1S/C23H36N2O4/c1-4-11-28-15-20(25-16(3)26)21(27)14-24-19-13-23(9-6-10-23)29-22-8-7-17(5-2)12-18(19)22/h7-8,12,19-21,24,27H,4-6,9-11,13-15H2,1-3H3,(H,25,26)/t19-,20-,21-/m0/s1. The Balaban J connectivity index is 1.68. The lowest BCUT2D eigenvalue weighted by Gasteiger charge is -2.48. The molecule has 0 aromatic heterocycles. The van der Waals surface area contributed by atoms with E-state index in [-0.39, 0.29) is 17.6 Å². The third-order valence-electron chi connectivity index (χ3n) is 6.10. The minimum atomic E-state index is -0.728. The Morgan fingerprint density at radius 3 is 2.79 bits per heavy atom. The molecule has 1 aliphatic carbocycles. The van der Waals surface area contributed by atoms with E-state index in [9.17, 15) is 9.90 Å². The molecule has 29 heavy (non-hydrogen) atoms. The molecule has 0 bridgehead atoms. The predicted octanol–water partition coefficient (Wildman–Crippen LogP) is 2.88. The summed E-state index contributed by atoms with van der Waals surface area (Å²) in [5.74, 6) is 0.802. The summed E-state index contributed by atoms with van der Waals surface area (Å²) in [6, 6.07) is 6.16. The predicted molar refractivity (Wildman–Crippen MR) is 113 cm³/mol. The molecule has 3 rings (SSSR count).